The number of aryl methyl sites for hydroxylation is 3. The predicted molar refractivity (Wildman–Crippen MR) is 195 cm³/mol. The Bertz CT molecular complexity index is 2350. The molecular weight excluding hydrogens is 726 g/mol. The Morgan fingerprint density at radius 1 is 1.19 bits per heavy atom. The van der Waals surface area contributed by atoms with E-state index in [0.717, 1.165) is 42.4 Å². The quantitative estimate of drug-likeness (QED) is 0.162. The van der Waals surface area contributed by atoms with Gasteiger partial charge in [0.15, 0.2) is 17.3 Å². The number of alkyl halides is 2. The van der Waals surface area contributed by atoms with Crippen LogP contribution in [0.15, 0.2) is 36.5 Å². The molecule has 0 spiro atoms. The van der Waals surface area contributed by atoms with Crippen molar-refractivity contribution in [3.8, 4) is 22.9 Å². The van der Waals surface area contributed by atoms with E-state index < -0.39 is 30.1 Å². The standard InChI is InChI=1S/C39H36Cl2F3N7O2/c1-18-24-14-29(28-13-22(16-50(28)39(52)19-8-9-19)53-30-17-49(2)48-35(30)38(43)44)51(36-21-12-27(36)46-15-21)37(24)25-11-20(5-4-10-45)31(33(42)34(25)47-18)23-6-3-7-26(40)32(23)41/h3,6-7,11,14,17,19,21-22,27-28,36,38,46H,4-5,8-9,12-13,15-16H2,1-2H3/t21-,22+,27-,28-,36+/m1/s1. The van der Waals surface area contributed by atoms with Gasteiger partial charge in [0.05, 0.1) is 46.5 Å². The van der Waals surface area contributed by atoms with Crippen LogP contribution in [0.4, 0.5) is 13.2 Å². The van der Waals surface area contributed by atoms with Crippen LogP contribution in [0, 0.1) is 35.9 Å². The largest absolute Gasteiger partial charge is 0.485 e. The summed E-state index contributed by atoms with van der Waals surface area (Å²) in [5, 5.41) is 19.1. The molecule has 5 atom stereocenters. The van der Waals surface area contributed by atoms with Crippen LogP contribution < -0.4 is 10.1 Å². The number of nitrogens with zero attached hydrogens (tertiary/aromatic N) is 6. The van der Waals surface area contributed by atoms with E-state index in [9.17, 15) is 18.8 Å². The number of benzene rings is 2. The molecule has 2 bridgehead atoms. The van der Waals surface area contributed by atoms with Gasteiger partial charge in [-0.05, 0) is 62.3 Å². The van der Waals surface area contributed by atoms with Gasteiger partial charge in [-0.3, -0.25) is 9.48 Å². The molecule has 2 aliphatic carbocycles. The summed E-state index contributed by atoms with van der Waals surface area (Å²) < 4.78 is 54.9. The minimum Gasteiger partial charge on any atom is -0.485 e. The second kappa shape index (κ2) is 12.9. The lowest BCUT2D eigenvalue weighted by Crippen LogP contribution is -2.41. The first-order valence-corrected chi connectivity index (χ1v) is 18.8. The molecule has 53 heavy (non-hydrogen) atoms. The van der Waals surface area contributed by atoms with E-state index in [4.69, 9.17) is 32.9 Å². The van der Waals surface area contributed by atoms with Crippen molar-refractivity contribution in [2.45, 2.75) is 76.1 Å². The zero-order valence-electron chi connectivity index (χ0n) is 29.1. The fraction of sp³-hybridized carbons (Fsp3) is 0.436. The number of halogens is 5. The Morgan fingerprint density at radius 2 is 2.00 bits per heavy atom. The van der Waals surface area contributed by atoms with Crippen molar-refractivity contribution in [1.82, 2.24) is 29.5 Å². The van der Waals surface area contributed by atoms with Crippen molar-refractivity contribution in [1.29, 1.82) is 5.26 Å². The Hall–Kier alpha value is -4.31. The zero-order chi connectivity index (χ0) is 36.9. The number of ether oxygens (including phenoxy) is 1. The smallest absolute Gasteiger partial charge is 0.285 e. The maximum absolute atomic E-state index is 17.2. The average Bonchev–Trinajstić information content (AvgIpc) is 3.52. The second-order valence-corrected chi connectivity index (χ2v) is 15.7. The van der Waals surface area contributed by atoms with Crippen molar-refractivity contribution >= 4 is 50.9 Å². The number of hydrogen-bond donors (Lipinski definition) is 1. The van der Waals surface area contributed by atoms with Crippen LogP contribution in [0.25, 0.3) is 32.9 Å². The molecule has 5 aromatic rings. The van der Waals surface area contributed by atoms with E-state index in [1.54, 1.807) is 25.2 Å². The molecule has 0 radical (unpaired) electrons. The molecule has 1 amide bonds. The first kappa shape index (κ1) is 34.5. The highest BCUT2D eigenvalue weighted by molar-refractivity contribution is 6.43. The molecule has 2 aromatic carbocycles. The highest BCUT2D eigenvalue weighted by Crippen LogP contribution is 2.51. The van der Waals surface area contributed by atoms with Gasteiger partial charge < -0.3 is 19.5 Å². The van der Waals surface area contributed by atoms with E-state index in [2.05, 4.69) is 27.1 Å². The molecule has 3 aliphatic heterocycles. The summed E-state index contributed by atoms with van der Waals surface area (Å²) in [7, 11) is 1.57. The fourth-order valence-corrected chi connectivity index (χ4v) is 9.37. The molecule has 6 heterocycles. The van der Waals surface area contributed by atoms with Gasteiger partial charge in [-0.25, -0.2) is 18.2 Å². The Labute approximate surface area is 313 Å². The summed E-state index contributed by atoms with van der Waals surface area (Å²) in [6.07, 6.45) is 1.52. The molecule has 3 saturated heterocycles. The minimum absolute atomic E-state index is 0.00998. The third-order valence-electron chi connectivity index (χ3n) is 11.6. The topological polar surface area (TPSA) is 101 Å². The summed E-state index contributed by atoms with van der Waals surface area (Å²) in [6, 6.07) is 11.1. The van der Waals surface area contributed by atoms with Crippen molar-refractivity contribution in [2.24, 2.45) is 18.9 Å². The maximum Gasteiger partial charge on any atom is 0.285 e. The van der Waals surface area contributed by atoms with E-state index in [-0.39, 0.29) is 65.1 Å². The number of hydrogen-bond acceptors (Lipinski definition) is 6. The van der Waals surface area contributed by atoms with Crippen molar-refractivity contribution in [2.75, 3.05) is 13.1 Å². The lowest BCUT2D eigenvalue weighted by atomic mass is 9.79. The number of aromatic nitrogens is 4. The normalized spacial score (nSPS) is 23.7. The van der Waals surface area contributed by atoms with Gasteiger partial charge in [-0.2, -0.15) is 10.4 Å². The molecular formula is C39H36Cl2F3N7O2. The van der Waals surface area contributed by atoms with Gasteiger partial charge >= 0.3 is 0 Å². The fourth-order valence-electron chi connectivity index (χ4n) is 8.98. The molecule has 1 N–H and O–H groups in total. The average molecular weight is 763 g/mol. The van der Waals surface area contributed by atoms with E-state index >= 15 is 4.39 Å². The van der Waals surface area contributed by atoms with Crippen molar-refractivity contribution in [3.63, 3.8) is 0 Å². The van der Waals surface area contributed by atoms with Crippen LogP contribution >= 0.6 is 23.2 Å². The summed E-state index contributed by atoms with van der Waals surface area (Å²) >= 11 is 13.1. The molecule has 10 rings (SSSR count). The Balaban J connectivity index is 1.25. The lowest BCUT2D eigenvalue weighted by Gasteiger charge is -2.39. The summed E-state index contributed by atoms with van der Waals surface area (Å²) in [5.74, 6) is -0.255. The first-order chi connectivity index (χ1) is 25.5. The van der Waals surface area contributed by atoms with E-state index in [0.29, 0.717) is 39.6 Å². The molecule has 14 heteroatoms. The summed E-state index contributed by atoms with van der Waals surface area (Å²) in [5.41, 5.74) is 3.41. The summed E-state index contributed by atoms with van der Waals surface area (Å²) in [6.45, 7) is 2.94. The van der Waals surface area contributed by atoms with Crippen LogP contribution in [0.2, 0.25) is 10.0 Å². The van der Waals surface area contributed by atoms with Crippen LogP contribution in [-0.2, 0) is 18.3 Å². The van der Waals surface area contributed by atoms with Crippen LogP contribution in [-0.4, -0.2) is 55.4 Å². The second-order valence-electron chi connectivity index (χ2n) is 14.9. The summed E-state index contributed by atoms with van der Waals surface area (Å²) in [4.78, 5) is 20.7. The molecule has 5 fully saturated rings. The van der Waals surface area contributed by atoms with Gasteiger partial charge in [-0.1, -0.05) is 35.3 Å². The van der Waals surface area contributed by atoms with E-state index in [1.807, 2.05) is 17.9 Å². The Kier molecular flexibility index (Phi) is 8.40. The number of fused-ring (bicyclic) bond motifs is 4. The molecule has 0 unspecified atom stereocenters. The number of carbonyl (C=O) groups excluding carboxylic acids is 1. The molecule has 274 valence electrons. The van der Waals surface area contributed by atoms with Gasteiger partial charge in [0, 0.05) is 71.7 Å². The third-order valence-corrected chi connectivity index (χ3v) is 12.4. The molecule has 9 nitrogen and oxygen atoms in total. The number of amides is 1. The number of likely N-dealkylation sites (tertiary alicyclic amines) is 1. The maximum atomic E-state index is 17.2. The Morgan fingerprint density at radius 3 is 2.70 bits per heavy atom. The van der Waals surface area contributed by atoms with Gasteiger partial charge in [0.2, 0.25) is 5.91 Å². The van der Waals surface area contributed by atoms with Gasteiger partial charge in [0.25, 0.3) is 6.43 Å². The highest BCUT2D eigenvalue weighted by Gasteiger charge is 2.51. The third kappa shape index (κ3) is 5.57. The molecule has 2 saturated carbocycles. The molecule has 5 aliphatic rings. The van der Waals surface area contributed by atoms with Crippen LogP contribution in [0.1, 0.15) is 73.3 Å². The van der Waals surface area contributed by atoms with Gasteiger partial charge in [-0.15, -0.1) is 0 Å². The molecule has 3 aromatic heterocycles. The number of rotatable bonds is 9. The zero-order valence-corrected chi connectivity index (χ0v) is 30.6. The van der Waals surface area contributed by atoms with Gasteiger partial charge in [0.1, 0.15) is 11.6 Å². The van der Waals surface area contributed by atoms with Crippen LogP contribution in [0.3, 0.4) is 0 Å². The van der Waals surface area contributed by atoms with Crippen LogP contribution in [0.5, 0.6) is 5.75 Å². The monoisotopic (exact) mass is 761 g/mol. The number of nitrogens with one attached hydrogen (secondary N) is 1. The lowest BCUT2D eigenvalue weighted by molar-refractivity contribution is -0.133. The first-order valence-electron chi connectivity index (χ1n) is 18.0. The highest BCUT2D eigenvalue weighted by atomic mass is 35.5. The van der Waals surface area contributed by atoms with Crippen molar-refractivity contribution in [3.05, 3.63) is 75.0 Å². The van der Waals surface area contributed by atoms with E-state index in [1.165, 1.54) is 10.9 Å². The SMILES string of the molecule is Cc1nc2c(F)c(-c3cccc(Cl)c3Cl)c(CCC#N)cc2c2c1cc([C@H]1C[C@H](Oc3cn(C)nc3C(F)F)CN1C(=O)C1CC1)n2[C@H]1[C@H]2CN[C@@H]1C2. The number of nitriles is 1. The minimum atomic E-state index is -2.81. The predicted octanol–water partition coefficient (Wildman–Crippen LogP) is 8.40. The van der Waals surface area contributed by atoms with Crippen molar-refractivity contribution < 1.29 is 22.7 Å². The number of carbonyl (C=O) groups is 1. The number of pyridine rings is 1.